The lowest BCUT2D eigenvalue weighted by molar-refractivity contribution is -0.137. The number of nitrogens with one attached hydrogen (secondary N) is 1. The van der Waals surface area contributed by atoms with Crippen LogP contribution < -0.4 is 5.32 Å². The van der Waals surface area contributed by atoms with Crippen LogP contribution in [0.4, 0.5) is 0 Å². The van der Waals surface area contributed by atoms with Gasteiger partial charge in [0.1, 0.15) is 5.76 Å². The molecule has 1 aromatic rings. The smallest absolute Gasteiger partial charge is 0.305 e. The number of hydrogen-bond donors (Lipinski definition) is 2. The molecule has 0 aromatic carbocycles. The average molecular weight is 183 g/mol. The molecule has 0 aliphatic rings. The topological polar surface area (TPSA) is 79.5 Å². The highest BCUT2D eigenvalue weighted by atomic mass is 16.4. The molecule has 2 N–H and O–H groups in total. The standard InChI is InChI=1S/C8H9NO4/c10-5-9-6(4-8(11)12)7-2-1-3-13-7/h1-3,5-6H,4H2,(H,9,10)(H,11,12)/t6-/m1/s1. The van der Waals surface area contributed by atoms with Gasteiger partial charge in [0, 0.05) is 0 Å². The number of carboxylic acids is 1. The van der Waals surface area contributed by atoms with Crippen molar-refractivity contribution in [2.45, 2.75) is 12.5 Å². The lowest BCUT2D eigenvalue weighted by atomic mass is 10.1. The van der Waals surface area contributed by atoms with Gasteiger partial charge in [0.25, 0.3) is 0 Å². The van der Waals surface area contributed by atoms with Crippen LogP contribution in [0.2, 0.25) is 0 Å². The van der Waals surface area contributed by atoms with Crippen molar-refractivity contribution in [1.82, 2.24) is 5.32 Å². The number of aliphatic carboxylic acids is 1. The number of amides is 1. The van der Waals surface area contributed by atoms with Crippen molar-refractivity contribution >= 4 is 12.4 Å². The molecule has 5 nitrogen and oxygen atoms in total. The van der Waals surface area contributed by atoms with Crippen LogP contribution >= 0.6 is 0 Å². The molecule has 1 rings (SSSR count). The molecule has 0 radical (unpaired) electrons. The van der Waals surface area contributed by atoms with Gasteiger partial charge in [-0.05, 0) is 12.1 Å². The zero-order valence-electron chi connectivity index (χ0n) is 6.77. The first-order chi connectivity index (χ1) is 6.24. The molecule has 13 heavy (non-hydrogen) atoms. The van der Waals surface area contributed by atoms with E-state index in [-0.39, 0.29) is 6.42 Å². The summed E-state index contributed by atoms with van der Waals surface area (Å²) in [5.41, 5.74) is 0. The molecule has 0 fully saturated rings. The van der Waals surface area contributed by atoms with Crippen LogP contribution in [0.5, 0.6) is 0 Å². The summed E-state index contributed by atoms with van der Waals surface area (Å²) in [6.07, 6.45) is 1.69. The van der Waals surface area contributed by atoms with Gasteiger partial charge in [0.15, 0.2) is 0 Å². The van der Waals surface area contributed by atoms with Crippen LogP contribution in [-0.4, -0.2) is 17.5 Å². The monoisotopic (exact) mass is 183 g/mol. The van der Waals surface area contributed by atoms with E-state index in [2.05, 4.69) is 5.32 Å². The summed E-state index contributed by atoms with van der Waals surface area (Å²) in [6, 6.07) is 2.66. The maximum absolute atomic E-state index is 10.4. The zero-order chi connectivity index (χ0) is 9.68. The van der Waals surface area contributed by atoms with E-state index in [0.717, 1.165) is 0 Å². The molecule has 0 aliphatic carbocycles. The highest BCUT2D eigenvalue weighted by molar-refractivity contribution is 5.68. The molecular weight excluding hydrogens is 174 g/mol. The Labute approximate surface area is 74.4 Å². The van der Waals surface area contributed by atoms with Gasteiger partial charge in [-0.1, -0.05) is 0 Å². The van der Waals surface area contributed by atoms with E-state index in [9.17, 15) is 9.59 Å². The fraction of sp³-hybridized carbons (Fsp3) is 0.250. The lowest BCUT2D eigenvalue weighted by Crippen LogP contribution is -2.21. The average Bonchev–Trinajstić information content (AvgIpc) is 2.54. The highest BCUT2D eigenvalue weighted by Gasteiger charge is 2.16. The third-order valence-electron chi connectivity index (χ3n) is 1.53. The second-order valence-electron chi connectivity index (χ2n) is 2.45. The quantitative estimate of drug-likeness (QED) is 0.653. The Hall–Kier alpha value is -1.78. The van der Waals surface area contributed by atoms with Crippen LogP contribution in [0, 0.1) is 0 Å². The van der Waals surface area contributed by atoms with E-state index in [0.29, 0.717) is 12.2 Å². The third kappa shape index (κ3) is 2.62. The van der Waals surface area contributed by atoms with E-state index in [1.165, 1.54) is 6.26 Å². The van der Waals surface area contributed by atoms with E-state index in [1.54, 1.807) is 12.1 Å². The van der Waals surface area contributed by atoms with Crippen LogP contribution in [0.1, 0.15) is 18.2 Å². The molecular formula is C8H9NO4. The molecule has 1 atom stereocenters. The van der Waals surface area contributed by atoms with Crippen molar-refractivity contribution in [3.8, 4) is 0 Å². The fourth-order valence-electron chi connectivity index (χ4n) is 0.988. The maximum Gasteiger partial charge on any atom is 0.305 e. The largest absolute Gasteiger partial charge is 0.481 e. The van der Waals surface area contributed by atoms with Gasteiger partial charge in [-0.15, -0.1) is 0 Å². The molecule has 5 heteroatoms. The Kier molecular flexibility index (Phi) is 3.08. The van der Waals surface area contributed by atoms with E-state index in [1.807, 2.05) is 0 Å². The molecule has 1 amide bonds. The lowest BCUT2D eigenvalue weighted by Gasteiger charge is -2.09. The van der Waals surface area contributed by atoms with E-state index >= 15 is 0 Å². The highest BCUT2D eigenvalue weighted by Crippen LogP contribution is 2.16. The summed E-state index contributed by atoms with van der Waals surface area (Å²) >= 11 is 0. The van der Waals surface area contributed by atoms with Crippen molar-refractivity contribution in [1.29, 1.82) is 0 Å². The molecule has 0 bridgehead atoms. The molecule has 1 aromatic heterocycles. The van der Waals surface area contributed by atoms with Crippen molar-refractivity contribution < 1.29 is 19.1 Å². The van der Waals surface area contributed by atoms with Gasteiger partial charge in [0.05, 0.1) is 18.7 Å². The molecule has 0 spiro atoms. The number of furan rings is 1. The SMILES string of the molecule is O=CN[C@H](CC(=O)O)c1ccco1. The van der Waals surface area contributed by atoms with E-state index < -0.39 is 12.0 Å². The molecule has 1 heterocycles. The summed E-state index contributed by atoms with van der Waals surface area (Å²) in [6.45, 7) is 0. The minimum Gasteiger partial charge on any atom is -0.481 e. The van der Waals surface area contributed by atoms with Crippen LogP contribution in [0.25, 0.3) is 0 Å². The summed E-state index contributed by atoms with van der Waals surface area (Å²) in [4.78, 5) is 20.5. The first-order valence-electron chi connectivity index (χ1n) is 3.69. The molecule has 0 unspecified atom stereocenters. The Morgan fingerprint density at radius 2 is 2.54 bits per heavy atom. The first-order valence-corrected chi connectivity index (χ1v) is 3.69. The first kappa shape index (κ1) is 9.31. The number of hydrogen-bond acceptors (Lipinski definition) is 3. The van der Waals surface area contributed by atoms with Crippen LogP contribution in [0.15, 0.2) is 22.8 Å². The second-order valence-corrected chi connectivity index (χ2v) is 2.45. The predicted octanol–water partition coefficient (Wildman–Crippen LogP) is 0.541. The molecule has 0 saturated heterocycles. The Balaban J connectivity index is 2.67. The maximum atomic E-state index is 10.4. The number of carbonyl (C=O) groups excluding carboxylic acids is 1. The number of rotatable bonds is 5. The van der Waals surface area contributed by atoms with Crippen molar-refractivity contribution in [2.75, 3.05) is 0 Å². The van der Waals surface area contributed by atoms with Crippen molar-refractivity contribution in [2.24, 2.45) is 0 Å². The summed E-state index contributed by atoms with van der Waals surface area (Å²) in [5.74, 6) is -0.551. The summed E-state index contributed by atoms with van der Waals surface area (Å²) in [7, 11) is 0. The molecule has 70 valence electrons. The van der Waals surface area contributed by atoms with Gasteiger partial charge in [-0.3, -0.25) is 9.59 Å². The summed E-state index contributed by atoms with van der Waals surface area (Å²) < 4.78 is 4.96. The number of carboxylic acid groups (broad SMARTS) is 1. The minimum absolute atomic E-state index is 0.188. The van der Waals surface area contributed by atoms with Gasteiger partial charge in [-0.25, -0.2) is 0 Å². The zero-order valence-corrected chi connectivity index (χ0v) is 6.77. The summed E-state index contributed by atoms with van der Waals surface area (Å²) in [5, 5.41) is 10.9. The Bertz CT molecular complexity index is 280. The van der Waals surface area contributed by atoms with Crippen LogP contribution in [-0.2, 0) is 9.59 Å². The van der Waals surface area contributed by atoms with Gasteiger partial charge >= 0.3 is 5.97 Å². The predicted molar refractivity (Wildman–Crippen MR) is 42.9 cm³/mol. The molecule has 0 aliphatic heterocycles. The van der Waals surface area contributed by atoms with Crippen molar-refractivity contribution in [3.05, 3.63) is 24.2 Å². The normalized spacial score (nSPS) is 12.0. The van der Waals surface area contributed by atoms with Gasteiger partial charge < -0.3 is 14.8 Å². The Morgan fingerprint density at radius 3 is 3.00 bits per heavy atom. The molecule has 0 saturated carbocycles. The third-order valence-corrected chi connectivity index (χ3v) is 1.53. The fourth-order valence-corrected chi connectivity index (χ4v) is 0.988. The van der Waals surface area contributed by atoms with Crippen LogP contribution in [0.3, 0.4) is 0 Å². The number of carbonyl (C=O) groups is 2. The Morgan fingerprint density at radius 1 is 1.77 bits per heavy atom. The second kappa shape index (κ2) is 4.30. The minimum atomic E-state index is -0.990. The van der Waals surface area contributed by atoms with Gasteiger partial charge in [0.2, 0.25) is 6.41 Å². The van der Waals surface area contributed by atoms with Crippen molar-refractivity contribution in [3.63, 3.8) is 0 Å². The van der Waals surface area contributed by atoms with Gasteiger partial charge in [-0.2, -0.15) is 0 Å². The van der Waals surface area contributed by atoms with E-state index in [4.69, 9.17) is 9.52 Å².